The van der Waals surface area contributed by atoms with E-state index < -0.39 is 24.7 Å². The first-order valence-electron chi connectivity index (χ1n) is 9.60. The van der Waals surface area contributed by atoms with Gasteiger partial charge in [0.25, 0.3) is 0 Å². The average molecular weight is 444 g/mol. The number of H-pyrrole nitrogens is 1. The highest BCUT2D eigenvalue weighted by atomic mass is 19.4. The molecule has 0 aliphatic rings. The number of carbonyl (C=O) groups is 1. The third kappa shape index (κ3) is 4.59. The number of pyridine rings is 1. The SMILES string of the molecule is C[C@@H](NCC(F)(F)F)C(=O)Nc1cncc(-c2c[nH]c3ncc(-c4ccnn4C)cc23)n1. The molecule has 0 spiro atoms. The van der Waals surface area contributed by atoms with E-state index in [0.29, 0.717) is 16.9 Å². The van der Waals surface area contributed by atoms with Crippen LogP contribution in [0.5, 0.6) is 0 Å². The van der Waals surface area contributed by atoms with Crippen LogP contribution in [-0.4, -0.2) is 54.4 Å². The Balaban J connectivity index is 1.58. The lowest BCUT2D eigenvalue weighted by molar-refractivity contribution is -0.129. The number of rotatable bonds is 6. The summed E-state index contributed by atoms with van der Waals surface area (Å²) in [6.45, 7) is 0.0678. The summed E-state index contributed by atoms with van der Waals surface area (Å²) in [4.78, 5) is 28.2. The molecule has 9 nitrogen and oxygen atoms in total. The van der Waals surface area contributed by atoms with E-state index in [2.05, 4.69) is 35.7 Å². The first kappa shape index (κ1) is 21.4. The molecule has 0 saturated carbocycles. The summed E-state index contributed by atoms with van der Waals surface area (Å²) in [6, 6.07) is 2.75. The van der Waals surface area contributed by atoms with Gasteiger partial charge in [0.1, 0.15) is 5.65 Å². The number of aromatic amines is 1. The Morgan fingerprint density at radius 3 is 2.81 bits per heavy atom. The zero-order valence-corrected chi connectivity index (χ0v) is 17.1. The van der Waals surface area contributed by atoms with Gasteiger partial charge in [-0.25, -0.2) is 9.97 Å². The van der Waals surface area contributed by atoms with Crippen LogP contribution in [0.15, 0.2) is 43.1 Å². The molecule has 4 heterocycles. The third-order valence-electron chi connectivity index (χ3n) is 4.81. The number of anilines is 1. The molecule has 4 aromatic rings. The fraction of sp³-hybridized carbons (Fsp3) is 0.250. The number of nitrogens with zero attached hydrogens (tertiary/aromatic N) is 5. The van der Waals surface area contributed by atoms with E-state index in [9.17, 15) is 18.0 Å². The molecule has 0 fully saturated rings. The minimum Gasteiger partial charge on any atom is -0.345 e. The Bertz CT molecular complexity index is 1260. The number of hydrogen-bond acceptors (Lipinski definition) is 6. The predicted octanol–water partition coefficient (Wildman–Crippen LogP) is 2.90. The number of nitrogens with one attached hydrogen (secondary N) is 3. The van der Waals surface area contributed by atoms with Crippen LogP contribution in [0.2, 0.25) is 0 Å². The van der Waals surface area contributed by atoms with Crippen LogP contribution in [0.1, 0.15) is 6.92 Å². The maximum atomic E-state index is 12.4. The van der Waals surface area contributed by atoms with E-state index in [0.717, 1.165) is 16.6 Å². The third-order valence-corrected chi connectivity index (χ3v) is 4.81. The summed E-state index contributed by atoms with van der Waals surface area (Å²) in [5, 5.41) is 9.58. The molecule has 1 atom stereocenters. The Labute approximate surface area is 180 Å². The van der Waals surface area contributed by atoms with Crippen LogP contribution in [0, 0.1) is 0 Å². The zero-order chi connectivity index (χ0) is 22.9. The second-order valence-electron chi connectivity index (χ2n) is 7.16. The number of carbonyl (C=O) groups excluding carboxylic acids is 1. The van der Waals surface area contributed by atoms with E-state index >= 15 is 0 Å². The standard InChI is InChI=1S/C20H19F3N8O/c1-11(27-10-20(21,22)23)19(32)30-17-9-24-8-15(29-17)14-7-26-18-13(14)5-12(6-25-18)16-3-4-28-31(16)2/h3-9,11,27H,10H2,1-2H3,(H,25,26)(H,29,30,32)/t11-/m1/s1. The number of alkyl halides is 3. The molecule has 0 unspecified atom stereocenters. The zero-order valence-electron chi connectivity index (χ0n) is 17.1. The lowest BCUT2D eigenvalue weighted by Gasteiger charge is -2.15. The molecule has 4 rings (SSSR count). The van der Waals surface area contributed by atoms with Crippen molar-refractivity contribution in [2.24, 2.45) is 7.05 Å². The monoisotopic (exact) mass is 444 g/mol. The van der Waals surface area contributed by atoms with Crippen molar-refractivity contribution in [3.05, 3.63) is 43.1 Å². The Hall–Kier alpha value is -3.80. The normalized spacial score (nSPS) is 12.8. The van der Waals surface area contributed by atoms with Crippen molar-refractivity contribution in [3.8, 4) is 22.5 Å². The highest BCUT2D eigenvalue weighted by Crippen LogP contribution is 2.30. The van der Waals surface area contributed by atoms with Crippen molar-refractivity contribution in [2.45, 2.75) is 19.1 Å². The van der Waals surface area contributed by atoms with Crippen molar-refractivity contribution >= 4 is 22.8 Å². The van der Waals surface area contributed by atoms with E-state index in [1.807, 2.05) is 19.2 Å². The maximum Gasteiger partial charge on any atom is 0.401 e. The number of halogens is 3. The van der Waals surface area contributed by atoms with E-state index in [1.165, 1.54) is 19.3 Å². The molecule has 0 aromatic carbocycles. The molecule has 0 saturated heterocycles. The number of aryl methyl sites for hydroxylation is 1. The van der Waals surface area contributed by atoms with Gasteiger partial charge in [0.2, 0.25) is 5.91 Å². The number of amides is 1. The molecule has 1 amide bonds. The topological polar surface area (TPSA) is 113 Å². The number of fused-ring (bicyclic) bond motifs is 1. The van der Waals surface area contributed by atoms with Gasteiger partial charge in [-0.15, -0.1) is 0 Å². The van der Waals surface area contributed by atoms with Crippen LogP contribution in [-0.2, 0) is 11.8 Å². The van der Waals surface area contributed by atoms with Gasteiger partial charge in [0.05, 0.1) is 36.4 Å². The smallest absolute Gasteiger partial charge is 0.345 e. The molecule has 32 heavy (non-hydrogen) atoms. The molecule has 166 valence electrons. The molecule has 3 N–H and O–H groups in total. The van der Waals surface area contributed by atoms with E-state index in [4.69, 9.17) is 0 Å². The summed E-state index contributed by atoms with van der Waals surface area (Å²) in [5.41, 5.74) is 3.57. The Morgan fingerprint density at radius 2 is 2.09 bits per heavy atom. The van der Waals surface area contributed by atoms with Crippen LogP contribution in [0.25, 0.3) is 33.5 Å². The lowest BCUT2D eigenvalue weighted by Crippen LogP contribution is -2.42. The average Bonchev–Trinajstić information content (AvgIpc) is 3.37. The summed E-state index contributed by atoms with van der Waals surface area (Å²) >= 11 is 0. The highest BCUT2D eigenvalue weighted by Gasteiger charge is 2.28. The van der Waals surface area contributed by atoms with Gasteiger partial charge in [0, 0.05) is 42.2 Å². The van der Waals surface area contributed by atoms with Crippen molar-refractivity contribution in [1.29, 1.82) is 0 Å². The highest BCUT2D eigenvalue weighted by molar-refractivity contribution is 5.96. The Kier molecular flexibility index (Phi) is 5.61. The molecule has 0 bridgehead atoms. The van der Waals surface area contributed by atoms with Gasteiger partial charge < -0.3 is 10.3 Å². The van der Waals surface area contributed by atoms with Gasteiger partial charge in [-0.2, -0.15) is 18.3 Å². The molecule has 0 radical (unpaired) electrons. The van der Waals surface area contributed by atoms with Crippen LogP contribution in [0.3, 0.4) is 0 Å². The fourth-order valence-electron chi connectivity index (χ4n) is 3.16. The van der Waals surface area contributed by atoms with E-state index in [-0.39, 0.29) is 5.82 Å². The summed E-state index contributed by atoms with van der Waals surface area (Å²) < 4.78 is 38.8. The Morgan fingerprint density at radius 1 is 1.28 bits per heavy atom. The first-order chi connectivity index (χ1) is 15.2. The van der Waals surface area contributed by atoms with Crippen LogP contribution >= 0.6 is 0 Å². The molecular formula is C20H19F3N8O. The number of hydrogen-bond donors (Lipinski definition) is 3. The fourth-order valence-corrected chi connectivity index (χ4v) is 3.16. The van der Waals surface area contributed by atoms with Crippen LogP contribution < -0.4 is 10.6 Å². The predicted molar refractivity (Wildman–Crippen MR) is 111 cm³/mol. The van der Waals surface area contributed by atoms with Crippen molar-refractivity contribution in [2.75, 3.05) is 11.9 Å². The summed E-state index contributed by atoms with van der Waals surface area (Å²) in [5.74, 6) is -0.530. The molecule has 0 aliphatic carbocycles. The maximum absolute atomic E-state index is 12.4. The molecular weight excluding hydrogens is 425 g/mol. The quantitative estimate of drug-likeness (QED) is 0.422. The van der Waals surface area contributed by atoms with Crippen molar-refractivity contribution in [3.63, 3.8) is 0 Å². The second kappa shape index (κ2) is 8.38. The molecule has 12 heteroatoms. The van der Waals surface area contributed by atoms with Gasteiger partial charge in [-0.3, -0.25) is 19.8 Å². The minimum absolute atomic E-state index is 0.123. The molecule has 4 aromatic heterocycles. The van der Waals surface area contributed by atoms with Gasteiger partial charge in [-0.1, -0.05) is 0 Å². The van der Waals surface area contributed by atoms with Gasteiger partial charge in [0.15, 0.2) is 5.82 Å². The largest absolute Gasteiger partial charge is 0.401 e. The van der Waals surface area contributed by atoms with Crippen molar-refractivity contribution in [1.82, 2.24) is 35.0 Å². The second-order valence-corrected chi connectivity index (χ2v) is 7.16. The summed E-state index contributed by atoms with van der Waals surface area (Å²) in [7, 11) is 1.83. The van der Waals surface area contributed by atoms with Gasteiger partial charge >= 0.3 is 6.18 Å². The first-order valence-corrected chi connectivity index (χ1v) is 9.60. The van der Waals surface area contributed by atoms with Crippen LogP contribution in [0.4, 0.5) is 19.0 Å². The molecule has 0 aliphatic heterocycles. The lowest BCUT2D eigenvalue weighted by atomic mass is 10.1. The minimum atomic E-state index is -4.41. The van der Waals surface area contributed by atoms with Crippen molar-refractivity contribution < 1.29 is 18.0 Å². The van der Waals surface area contributed by atoms with Gasteiger partial charge in [-0.05, 0) is 19.1 Å². The number of aromatic nitrogens is 6. The summed E-state index contributed by atoms with van der Waals surface area (Å²) in [6.07, 6.45) is 3.60. The van der Waals surface area contributed by atoms with E-state index in [1.54, 1.807) is 23.3 Å².